The van der Waals surface area contributed by atoms with Crippen LogP contribution in [0.3, 0.4) is 0 Å². The van der Waals surface area contributed by atoms with E-state index in [9.17, 15) is 14.7 Å². The molecule has 0 amide bonds. The Morgan fingerprint density at radius 2 is 1.83 bits per heavy atom. The molecule has 3 fully saturated rings. The van der Waals surface area contributed by atoms with Crippen molar-refractivity contribution >= 4 is 11.9 Å². The van der Waals surface area contributed by atoms with Crippen LogP contribution in [0.1, 0.15) is 24.2 Å². The van der Waals surface area contributed by atoms with Crippen LogP contribution in [0.5, 0.6) is 5.75 Å². The van der Waals surface area contributed by atoms with Gasteiger partial charge in [-0.15, -0.1) is 0 Å². The van der Waals surface area contributed by atoms with E-state index in [1.165, 1.54) is 24.3 Å². The Morgan fingerprint density at radius 3 is 2.54 bits per heavy atom. The number of benzene rings is 1. The van der Waals surface area contributed by atoms with Gasteiger partial charge in [-0.2, -0.15) is 0 Å². The molecule has 5 atom stereocenters. The molecule has 24 heavy (non-hydrogen) atoms. The average molecular weight is 336 g/mol. The van der Waals surface area contributed by atoms with Crippen LogP contribution in [-0.4, -0.2) is 53.5 Å². The van der Waals surface area contributed by atoms with E-state index in [0.717, 1.165) is 0 Å². The molecule has 0 saturated carbocycles. The molecule has 1 aromatic carbocycles. The largest absolute Gasteiger partial charge is 0.508 e. The van der Waals surface area contributed by atoms with Gasteiger partial charge in [0, 0.05) is 0 Å². The maximum absolute atomic E-state index is 12.2. The molecular weight excluding hydrogens is 320 g/mol. The quantitative estimate of drug-likeness (QED) is 0.789. The van der Waals surface area contributed by atoms with E-state index in [0.29, 0.717) is 0 Å². The summed E-state index contributed by atoms with van der Waals surface area (Å²) in [5.41, 5.74) is 0.205. The highest BCUT2D eigenvalue weighted by Crippen LogP contribution is 2.43. The summed E-state index contributed by atoms with van der Waals surface area (Å²) in [7, 11) is 0. The van der Waals surface area contributed by atoms with Crippen LogP contribution in [-0.2, 0) is 28.5 Å². The van der Waals surface area contributed by atoms with Gasteiger partial charge in [-0.1, -0.05) is 0 Å². The van der Waals surface area contributed by atoms with E-state index < -0.39 is 48.4 Å². The Morgan fingerprint density at radius 1 is 1.12 bits per heavy atom. The van der Waals surface area contributed by atoms with Gasteiger partial charge in [-0.3, -0.25) is 0 Å². The summed E-state index contributed by atoms with van der Waals surface area (Å²) in [5, 5.41) is 9.25. The van der Waals surface area contributed by atoms with E-state index in [1.54, 1.807) is 13.8 Å². The lowest BCUT2D eigenvalue weighted by Gasteiger charge is -2.21. The maximum Gasteiger partial charge on any atom is 0.350 e. The Balaban J connectivity index is 1.48. The van der Waals surface area contributed by atoms with Crippen LogP contribution in [0.25, 0.3) is 0 Å². The third-order valence-corrected chi connectivity index (χ3v) is 4.15. The molecule has 8 nitrogen and oxygen atoms in total. The SMILES string of the molecule is CC1(C)OC2OC3C(OC(=O)c4ccc(O)cc4)C(=O)OC3C2O1. The summed E-state index contributed by atoms with van der Waals surface area (Å²) in [6.45, 7) is 3.48. The van der Waals surface area contributed by atoms with Crippen LogP contribution in [0.2, 0.25) is 0 Å². The molecule has 128 valence electrons. The van der Waals surface area contributed by atoms with Crippen molar-refractivity contribution in [1.29, 1.82) is 0 Å². The molecule has 4 rings (SSSR count). The first kappa shape index (κ1) is 15.4. The van der Waals surface area contributed by atoms with E-state index in [-0.39, 0.29) is 11.3 Å². The van der Waals surface area contributed by atoms with E-state index >= 15 is 0 Å². The average Bonchev–Trinajstić information content (AvgIpc) is 3.08. The zero-order chi connectivity index (χ0) is 17.1. The van der Waals surface area contributed by atoms with Crippen LogP contribution in [0.4, 0.5) is 0 Å². The predicted molar refractivity (Wildman–Crippen MR) is 75.9 cm³/mol. The van der Waals surface area contributed by atoms with Gasteiger partial charge < -0.3 is 28.8 Å². The smallest absolute Gasteiger partial charge is 0.350 e. The lowest BCUT2D eigenvalue weighted by atomic mass is 10.1. The number of rotatable bonds is 2. The van der Waals surface area contributed by atoms with Gasteiger partial charge in [0.25, 0.3) is 0 Å². The molecule has 3 heterocycles. The fourth-order valence-corrected chi connectivity index (χ4v) is 3.11. The summed E-state index contributed by atoms with van der Waals surface area (Å²) in [6.07, 6.45) is -3.85. The first-order valence-electron chi connectivity index (χ1n) is 7.56. The van der Waals surface area contributed by atoms with Crippen molar-refractivity contribution < 1.29 is 38.4 Å². The molecule has 1 N–H and O–H groups in total. The minimum absolute atomic E-state index is 0.0238. The lowest BCUT2D eigenvalue weighted by Crippen LogP contribution is -2.37. The molecule has 0 aromatic heterocycles. The summed E-state index contributed by atoms with van der Waals surface area (Å²) in [4.78, 5) is 24.2. The van der Waals surface area contributed by atoms with Crippen molar-refractivity contribution in [3.63, 3.8) is 0 Å². The van der Waals surface area contributed by atoms with Gasteiger partial charge in [0.2, 0.25) is 6.10 Å². The lowest BCUT2D eigenvalue weighted by molar-refractivity contribution is -0.214. The number of hydrogen-bond donors (Lipinski definition) is 1. The second kappa shape index (κ2) is 5.17. The van der Waals surface area contributed by atoms with Crippen LogP contribution in [0, 0.1) is 0 Å². The number of carbonyl (C=O) groups is 2. The Kier molecular flexibility index (Phi) is 3.31. The van der Waals surface area contributed by atoms with Gasteiger partial charge >= 0.3 is 11.9 Å². The summed E-state index contributed by atoms with van der Waals surface area (Å²) in [6, 6.07) is 5.50. The minimum Gasteiger partial charge on any atom is -0.508 e. The number of hydrogen-bond acceptors (Lipinski definition) is 8. The highest BCUT2D eigenvalue weighted by atomic mass is 16.8. The molecule has 0 spiro atoms. The van der Waals surface area contributed by atoms with Crippen LogP contribution < -0.4 is 0 Å². The van der Waals surface area contributed by atoms with Crippen molar-refractivity contribution in [2.75, 3.05) is 0 Å². The van der Waals surface area contributed by atoms with Gasteiger partial charge in [0.05, 0.1) is 5.56 Å². The van der Waals surface area contributed by atoms with Crippen molar-refractivity contribution in [3.8, 4) is 5.75 Å². The molecular formula is C16H16O8. The number of carbonyl (C=O) groups excluding carboxylic acids is 2. The summed E-state index contributed by atoms with van der Waals surface area (Å²) < 4.78 is 27.5. The predicted octanol–water partition coefficient (Wildman–Crippen LogP) is 0.719. The van der Waals surface area contributed by atoms with E-state index in [4.69, 9.17) is 23.7 Å². The number of phenols is 1. The van der Waals surface area contributed by atoms with Crippen LogP contribution >= 0.6 is 0 Å². The van der Waals surface area contributed by atoms with E-state index in [1.807, 2.05) is 0 Å². The van der Waals surface area contributed by atoms with Gasteiger partial charge in [-0.25, -0.2) is 9.59 Å². The van der Waals surface area contributed by atoms with Gasteiger partial charge in [0.1, 0.15) is 11.9 Å². The molecule has 0 radical (unpaired) electrons. The monoisotopic (exact) mass is 336 g/mol. The molecule has 3 aliphatic heterocycles. The van der Waals surface area contributed by atoms with Crippen molar-refractivity contribution in [3.05, 3.63) is 29.8 Å². The summed E-state index contributed by atoms with van der Waals surface area (Å²) in [5.74, 6) is -2.19. The van der Waals surface area contributed by atoms with Crippen LogP contribution in [0.15, 0.2) is 24.3 Å². The molecule has 3 saturated heterocycles. The molecule has 0 bridgehead atoms. The normalized spacial score (nSPS) is 36.1. The molecule has 8 heteroatoms. The molecule has 0 aliphatic carbocycles. The first-order valence-corrected chi connectivity index (χ1v) is 7.56. The summed E-state index contributed by atoms with van der Waals surface area (Å²) >= 11 is 0. The highest BCUT2D eigenvalue weighted by molar-refractivity contribution is 5.92. The third kappa shape index (κ3) is 2.43. The Labute approximate surface area is 137 Å². The Hall–Kier alpha value is -2.16. The third-order valence-electron chi connectivity index (χ3n) is 4.15. The fraction of sp³-hybridized carbons (Fsp3) is 0.500. The van der Waals surface area contributed by atoms with Crippen molar-refractivity contribution in [2.45, 2.75) is 50.3 Å². The number of phenolic OH excluding ortho intramolecular Hbond substituents is 1. The Bertz CT molecular complexity index is 682. The number of aromatic hydroxyl groups is 1. The van der Waals surface area contributed by atoms with Crippen molar-refractivity contribution in [2.24, 2.45) is 0 Å². The van der Waals surface area contributed by atoms with Crippen molar-refractivity contribution in [1.82, 2.24) is 0 Å². The molecule has 3 aliphatic rings. The fourth-order valence-electron chi connectivity index (χ4n) is 3.11. The number of fused-ring (bicyclic) bond motifs is 3. The second-order valence-corrected chi connectivity index (χ2v) is 6.34. The van der Waals surface area contributed by atoms with E-state index in [2.05, 4.69) is 0 Å². The first-order chi connectivity index (χ1) is 11.3. The topological polar surface area (TPSA) is 101 Å². The highest BCUT2D eigenvalue weighted by Gasteiger charge is 2.64. The molecule has 5 unspecified atom stereocenters. The zero-order valence-corrected chi connectivity index (χ0v) is 13.0. The number of ether oxygens (including phenoxy) is 5. The minimum atomic E-state index is -1.18. The maximum atomic E-state index is 12.2. The van der Waals surface area contributed by atoms with Gasteiger partial charge in [-0.05, 0) is 38.1 Å². The zero-order valence-electron chi connectivity index (χ0n) is 13.0. The van der Waals surface area contributed by atoms with Gasteiger partial charge in [0.15, 0.2) is 24.3 Å². The number of esters is 2. The standard InChI is InChI=1S/C16H16O8/c1-16(2)23-12-10-9(22-15(12)24-16)11(14(19)20-10)21-13(18)7-3-5-8(17)6-4-7/h3-6,9-12,15,17H,1-2H3. The second-order valence-electron chi connectivity index (χ2n) is 6.34. The molecule has 1 aromatic rings.